The first-order chi connectivity index (χ1) is 19.0. The van der Waals surface area contributed by atoms with Gasteiger partial charge in [0.2, 0.25) is 11.8 Å². The molecule has 2 aromatic carbocycles. The molecule has 1 fully saturated rings. The molecule has 0 radical (unpaired) electrons. The van der Waals surface area contributed by atoms with E-state index in [1.54, 1.807) is 16.8 Å². The maximum absolute atomic E-state index is 13.7. The molecule has 0 spiro atoms. The molecule has 0 bridgehead atoms. The van der Waals surface area contributed by atoms with Crippen LogP contribution in [-0.2, 0) is 21.9 Å². The summed E-state index contributed by atoms with van der Waals surface area (Å²) in [4.78, 5) is 28.6. The third-order valence-electron chi connectivity index (χ3n) is 7.06. The van der Waals surface area contributed by atoms with Gasteiger partial charge in [-0.3, -0.25) is 14.3 Å². The van der Waals surface area contributed by atoms with Gasteiger partial charge in [-0.15, -0.1) is 0 Å². The van der Waals surface area contributed by atoms with E-state index in [1.165, 1.54) is 5.56 Å². The second-order valence-electron chi connectivity index (χ2n) is 10.1. The maximum atomic E-state index is 13.7. The van der Waals surface area contributed by atoms with Crippen molar-refractivity contribution in [3.8, 4) is 0 Å². The van der Waals surface area contributed by atoms with E-state index in [0.717, 1.165) is 68.5 Å². The Morgan fingerprint density at radius 3 is 2.54 bits per heavy atom. The molecule has 7 nitrogen and oxygen atoms in total. The lowest BCUT2D eigenvalue weighted by molar-refractivity contribution is -0.139. The Morgan fingerprint density at radius 1 is 1.05 bits per heavy atom. The molecule has 212 valence electrons. The maximum Gasteiger partial charge on any atom is 0.243 e. The van der Waals surface area contributed by atoms with Gasteiger partial charge in [0.1, 0.15) is 6.04 Å². The first-order valence-electron chi connectivity index (χ1n) is 14.4. The van der Waals surface area contributed by atoms with Crippen LogP contribution in [0.1, 0.15) is 75.5 Å². The summed E-state index contributed by atoms with van der Waals surface area (Å²) in [6, 6.07) is 17.3. The van der Waals surface area contributed by atoms with E-state index in [2.05, 4.69) is 41.3 Å². The van der Waals surface area contributed by atoms with E-state index in [9.17, 15) is 9.59 Å². The van der Waals surface area contributed by atoms with Crippen LogP contribution < -0.4 is 15.4 Å². The molecular formula is C31H45N5O2S. The van der Waals surface area contributed by atoms with Gasteiger partial charge in [-0.1, -0.05) is 93.2 Å². The lowest BCUT2D eigenvalue weighted by atomic mass is 10.0. The Bertz CT molecular complexity index is 1030. The van der Waals surface area contributed by atoms with Gasteiger partial charge >= 0.3 is 0 Å². The minimum absolute atomic E-state index is 0.0236. The summed E-state index contributed by atoms with van der Waals surface area (Å²) in [5, 5.41) is 14.5. The van der Waals surface area contributed by atoms with Crippen LogP contribution in [0, 0.1) is 5.41 Å². The molecule has 3 rings (SSSR count). The molecule has 39 heavy (non-hydrogen) atoms. The fraction of sp³-hybridized carbons (Fsp3) is 0.516. The zero-order valence-electron chi connectivity index (χ0n) is 23.5. The number of carbonyl (C=O) groups excluding carboxylic acids is 2. The van der Waals surface area contributed by atoms with Crippen molar-refractivity contribution in [2.24, 2.45) is 0 Å². The normalized spacial score (nSPS) is 15.7. The number of carbonyl (C=O) groups is 2. The fourth-order valence-corrected chi connectivity index (χ4v) is 5.70. The van der Waals surface area contributed by atoms with Crippen LogP contribution in [0.15, 0.2) is 54.6 Å². The van der Waals surface area contributed by atoms with Gasteiger partial charge in [-0.25, -0.2) is 0 Å². The van der Waals surface area contributed by atoms with Crippen molar-refractivity contribution in [1.82, 2.24) is 20.3 Å². The van der Waals surface area contributed by atoms with Crippen molar-refractivity contribution in [2.45, 2.75) is 83.2 Å². The summed E-state index contributed by atoms with van der Waals surface area (Å²) in [7, 11) is 0. The first-order valence-corrected chi connectivity index (χ1v) is 15.4. The smallest absolute Gasteiger partial charge is 0.243 e. The molecular weight excluding hydrogens is 506 g/mol. The van der Waals surface area contributed by atoms with Gasteiger partial charge in [-0.2, -0.15) is 0 Å². The van der Waals surface area contributed by atoms with E-state index in [-0.39, 0.29) is 17.9 Å². The Balaban J connectivity index is 1.56. The summed E-state index contributed by atoms with van der Waals surface area (Å²) in [5.41, 5.74) is 3.76. The largest absolute Gasteiger partial charge is 0.350 e. The number of nitrogens with zero attached hydrogens (tertiary/aromatic N) is 1. The van der Waals surface area contributed by atoms with Gasteiger partial charge in [0, 0.05) is 24.6 Å². The highest BCUT2D eigenvalue weighted by Gasteiger charge is 2.36. The minimum Gasteiger partial charge on any atom is -0.350 e. The molecule has 2 unspecified atom stereocenters. The van der Waals surface area contributed by atoms with E-state index >= 15 is 0 Å². The summed E-state index contributed by atoms with van der Waals surface area (Å²) in [6.07, 6.45) is 5.94. The second-order valence-corrected chi connectivity index (χ2v) is 10.9. The number of nitrogens with one attached hydrogen (secondary N) is 4. The van der Waals surface area contributed by atoms with E-state index in [1.807, 2.05) is 42.5 Å². The molecule has 8 heteroatoms. The molecule has 1 aliphatic heterocycles. The quantitative estimate of drug-likeness (QED) is 0.125. The van der Waals surface area contributed by atoms with Gasteiger partial charge in [-0.05, 0) is 61.9 Å². The highest BCUT2D eigenvalue weighted by molar-refractivity contribution is 7.96. The van der Waals surface area contributed by atoms with Crippen LogP contribution >= 0.6 is 11.9 Å². The molecule has 2 amide bonds. The molecule has 0 aromatic heterocycles. The zero-order chi connectivity index (χ0) is 27.9. The average molecular weight is 552 g/mol. The molecule has 2 aromatic rings. The molecule has 0 saturated carbocycles. The van der Waals surface area contributed by atoms with Crippen LogP contribution in [0.25, 0.3) is 0 Å². The Hall–Kier alpha value is -2.68. The molecule has 1 saturated heterocycles. The number of benzene rings is 2. The lowest BCUT2D eigenvalue weighted by Gasteiger charge is -2.28. The first kappa shape index (κ1) is 30.9. The van der Waals surface area contributed by atoms with Crippen LogP contribution in [0.5, 0.6) is 0 Å². The van der Waals surface area contributed by atoms with E-state index < -0.39 is 6.04 Å². The summed E-state index contributed by atoms with van der Waals surface area (Å²) < 4.78 is 3.43. The SMILES string of the molecule is CCCC(=N)c1ccc(CNC(=O)C2CCCN2C(=O)C(CCCCNCC)NSCc2ccccc2)cc1. The monoisotopic (exact) mass is 551 g/mol. The number of likely N-dealkylation sites (tertiary alicyclic amines) is 1. The minimum atomic E-state index is -0.431. The Labute approximate surface area is 238 Å². The topological polar surface area (TPSA) is 97.3 Å². The average Bonchev–Trinajstić information content (AvgIpc) is 3.46. The van der Waals surface area contributed by atoms with E-state index in [4.69, 9.17) is 5.41 Å². The van der Waals surface area contributed by atoms with Gasteiger partial charge in [0.15, 0.2) is 0 Å². The van der Waals surface area contributed by atoms with Gasteiger partial charge in [0.05, 0.1) is 6.04 Å². The van der Waals surface area contributed by atoms with Crippen LogP contribution in [0.4, 0.5) is 0 Å². The number of unbranched alkanes of at least 4 members (excludes halogenated alkanes) is 1. The molecule has 0 aliphatic carbocycles. The summed E-state index contributed by atoms with van der Waals surface area (Å²) in [6.45, 7) is 7.10. The van der Waals surface area contributed by atoms with Crippen LogP contribution in [0.2, 0.25) is 0 Å². The number of hydrogen-bond donors (Lipinski definition) is 4. The van der Waals surface area contributed by atoms with Crippen molar-refractivity contribution in [3.63, 3.8) is 0 Å². The third-order valence-corrected chi connectivity index (χ3v) is 7.99. The van der Waals surface area contributed by atoms with Crippen molar-refractivity contribution < 1.29 is 9.59 Å². The second kappa shape index (κ2) is 17.1. The number of rotatable bonds is 17. The fourth-order valence-electron chi connectivity index (χ4n) is 4.84. The predicted octanol–water partition coefficient (Wildman–Crippen LogP) is 5.05. The van der Waals surface area contributed by atoms with Crippen LogP contribution in [-0.4, -0.2) is 54.1 Å². The lowest BCUT2D eigenvalue weighted by Crippen LogP contribution is -2.51. The number of amides is 2. The van der Waals surface area contributed by atoms with Crippen molar-refractivity contribution in [1.29, 1.82) is 5.41 Å². The molecule has 1 aliphatic rings. The van der Waals surface area contributed by atoms with Gasteiger partial charge in [0.25, 0.3) is 0 Å². The molecule has 4 N–H and O–H groups in total. The third kappa shape index (κ3) is 10.1. The van der Waals surface area contributed by atoms with Gasteiger partial charge < -0.3 is 20.9 Å². The molecule has 2 atom stereocenters. The van der Waals surface area contributed by atoms with Crippen molar-refractivity contribution in [2.75, 3.05) is 19.6 Å². The van der Waals surface area contributed by atoms with Crippen LogP contribution in [0.3, 0.4) is 0 Å². The van der Waals surface area contributed by atoms with E-state index in [0.29, 0.717) is 25.2 Å². The Kier molecular flexibility index (Phi) is 13.5. The standard InChI is InChI=1S/C31H45N5O2S/c1-3-11-27(32)26-18-16-24(17-19-26)22-34-30(37)29-15-10-21-36(29)31(38)28(14-8-9-20-33-4-2)35-39-23-25-12-6-5-7-13-25/h5-7,12-13,16-19,28-29,32-33,35H,3-4,8-11,14-15,20-23H2,1-2H3,(H,34,37). The summed E-state index contributed by atoms with van der Waals surface area (Å²) in [5.74, 6) is 0.713. The molecule has 1 heterocycles. The zero-order valence-corrected chi connectivity index (χ0v) is 24.3. The summed E-state index contributed by atoms with van der Waals surface area (Å²) >= 11 is 1.56. The van der Waals surface area contributed by atoms with Crippen molar-refractivity contribution in [3.05, 3.63) is 71.3 Å². The highest BCUT2D eigenvalue weighted by Crippen LogP contribution is 2.21. The van der Waals surface area contributed by atoms with Crippen molar-refractivity contribution >= 4 is 29.5 Å². The predicted molar refractivity (Wildman–Crippen MR) is 162 cm³/mol. The highest BCUT2D eigenvalue weighted by atomic mass is 32.2. The Morgan fingerprint density at radius 2 is 1.82 bits per heavy atom. The number of hydrogen-bond acceptors (Lipinski definition) is 6.